The van der Waals surface area contributed by atoms with Crippen LogP contribution in [-0.4, -0.2) is 35.5 Å². The molecule has 3 rings (SSSR count). The molecule has 0 spiro atoms. The number of aryl methyl sites for hydroxylation is 1. The van der Waals surface area contributed by atoms with E-state index in [-0.39, 0.29) is 17.5 Å². The minimum absolute atomic E-state index is 0.188. The SMILES string of the molecule is CNC(=O)c1cc(N(C)C(=O)C=Cc2cn(C)c3ccccc23)ccn1. The average molecular weight is 348 g/mol. The summed E-state index contributed by atoms with van der Waals surface area (Å²) in [6, 6.07) is 11.3. The number of benzene rings is 1. The molecule has 6 nitrogen and oxygen atoms in total. The molecule has 0 radical (unpaired) electrons. The summed E-state index contributed by atoms with van der Waals surface area (Å²) in [7, 11) is 5.18. The summed E-state index contributed by atoms with van der Waals surface area (Å²) in [5, 5.41) is 3.61. The number of anilines is 1. The summed E-state index contributed by atoms with van der Waals surface area (Å²) in [4.78, 5) is 29.7. The molecule has 2 amide bonds. The van der Waals surface area contributed by atoms with Crippen LogP contribution in [0.4, 0.5) is 5.69 Å². The highest BCUT2D eigenvalue weighted by molar-refractivity contribution is 6.05. The lowest BCUT2D eigenvalue weighted by Crippen LogP contribution is -2.25. The Kier molecular flexibility index (Phi) is 4.84. The van der Waals surface area contributed by atoms with Gasteiger partial charge < -0.3 is 14.8 Å². The highest BCUT2D eigenvalue weighted by Gasteiger charge is 2.12. The largest absolute Gasteiger partial charge is 0.354 e. The van der Waals surface area contributed by atoms with Gasteiger partial charge >= 0.3 is 0 Å². The fourth-order valence-electron chi connectivity index (χ4n) is 2.79. The molecule has 1 aromatic carbocycles. The van der Waals surface area contributed by atoms with Crippen LogP contribution in [0.15, 0.2) is 54.9 Å². The van der Waals surface area contributed by atoms with Crippen molar-refractivity contribution in [2.24, 2.45) is 7.05 Å². The van der Waals surface area contributed by atoms with Gasteiger partial charge in [-0.05, 0) is 24.3 Å². The van der Waals surface area contributed by atoms with E-state index in [4.69, 9.17) is 0 Å². The van der Waals surface area contributed by atoms with Gasteiger partial charge in [-0.2, -0.15) is 0 Å². The summed E-state index contributed by atoms with van der Waals surface area (Å²) in [6.07, 6.45) is 6.84. The van der Waals surface area contributed by atoms with Gasteiger partial charge in [0.1, 0.15) is 5.69 Å². The number of hydrogen-bond donors (Lipinski definition) is 1. The number of amides is 2. The Labute approximate surface area is 151 Å². The van der Waals surface area contributed by atoms with E-state index < -0.39 is 0 Å². The summed E-state index contributed by atoms with van der Waals surface area (Å²) in [5.41, 5.74) is 2.96. The fraction of sp³-hybridized carbons (Fsp3) is 0.150. The molecule has 3 aromatic rings. The number of para-hydroxylation sites is 1. The van der Waals surface area contributed by atoms with Crippen LogP contribution in [0.3, 0.4) is 0 Å². The van der Waals surface area contributed by atoms with Crippen molar-refractivity contribution in [3.05, 3.63) is 66.1 Å². The highest BCUT2D eigenvalue weighted by Crippen LogP contribution is 2.21. The Morgan fingerprint density at radius 3 is 2.77 bits per heavy atom. The number of fused-ring (bicyclic) bond motifs is 1. The molecule has 6 heteroatoms. The predicted octanol–water partition coefficient (Wildman–Crippen LogP) is 2.61. The van der Waals surface area contributed by atoms with Crippen molar-refractivity contribution >= 4 is 34.5 Å². The second-order valence-electron chi connectivity index (χ2n) is 5.92. The van der Waals surface area contributed by atoms with Gasteiger partial charge in [-0.3, -0.25) is 14.6 Å². The molecule has 26 heavy (non-hydrogen) atoms. The van der Waals surface area contributed by atoms with Gasteiger partial charge in [0.2, 0.25) is 0 Å². The van der Waals surface area contributed by atoms with E-state index in [1.54, 1.807) is 26.2 Å². The molecule has 0 atom stereocenters. The monoisotopic (exact) mass is 348 g/mol. The zero-order valence-corrected chi connectivity index (χ0v) is 14.9. The van der Waals surface area contributed by atoms with Gasteiger partial charge in [0.05, 0.1) is 0 Å². The molecule has 0 aliphatic heterocycles. The number of carbonyl (C=O) groups is 2. The first-order valence-corrected chi connectivity index (χ1v) is 8.19. The first-order valence-electron chi connectivity index (χ1n) is 8.19. The number of carbonyl (C=O) groups excluding carboxylic acids is 2. The molecule has 0 saturated carbocycles. The van der Waals surface area contributed by atoms with E-state index >= 15 is 0 Å². The first kappa shape index (κ1) is 17.4. The summed E-state index contributed by atoms with van der Waals surface area (Å²) in [5.74, 6) is -0.481. The minimum Gasteiger partial charge on any atom is -0.354 e. The lowest BCUT2D eigenvalue weighted by atomic mass is 10.1. The van der Waals surface area contributed by atoms with E-state index in [1.807, 2.05) is 48.2 Å². The van der Waals surface area contributed by atoms with Crippen LogP contribution < -0.4 is 10.2 Å². The maximum Gasteiger partial charge on any atom is 0.269 e. The van der Waals surface area contributed by atoms with Crippen molar-refractivity contribution in [1.82, 2.24) is 14.9 Å². The van der Waals surface area contributed by atoms with Gasteiger partial charge in [0.25, 0.3) is 11.8 Å². The van der Waals surface area contributed by atoms with Gasteiger partial charge in [-0.15, -0.1) is 0 Å². The molecule has 1 N–H and O–H groups in total. The van der Waals surface area contributed by atoms with Crippen LogP contribution in [0.2, 0.25) is 0 Å². The van der Waals surface area contributed by atoms with E-state index in [9.17, 15) is 9.59 Å². The molecule has 0 bridgehead atoms. The number of pyridine rings is 1. The number of nitrogens with zero attached hydrogens (tertiary/aromatic N) is 3. The van der Waals surface area contributed by atoms with Crippen molar-refractivity contribution in [3.8, 4) is 0 Å². The Balaban J connectivity index is 1.83. The number of nitrogens with one attached hydrogen (secondary N) is 1. The highest BCUT2D eigenvalue weighted by atomic mass is 16.2. The zero-order valence-electron chi connectivity index (χ0n) is 14.9. The maximum absolute atomic E-state index is 12.5. The zero-order chi connectivity index (χ0) is 18.7. The lowest BCUT2D eigenvalue weighted by molar-refractivity contribution is -0.113. The Morgan fingerprint density at radius 2 is 2.00 bits per heavy atom. The second-order valence-corrected chi connectivity index (χ2v) is 5.92. The Hall–Kier alpha value is -3.41. The third kappa shape index (κ3) is 3.35. The molecule has 0 fully saturated rings. The third-order valence-corrected chi connectivity index (χ3v) is 4.25. The van der Waals surface area contributed by atoms with Gasteiger partial charge in [-0.1, -0.05) is 18.2 Å². The molecular weight excluding hydrogens is 328 g/mol. The first-order chi connectivity index (χ1) is 12.5. The Morgan fingerprint density at radius 1 is 1.23 bits per heavy atom. The normalized spacial score (nSPS) is 11.0. The summed E-state index contributed by atoms with van der Waals surface area (Å²) in [6.45, 7) is 0. The van der Waals surface area contributed by atoms with E-state index in [2.05, 4.69) is 10.3 Å². The number of likely N-dealkylation sites (N-methyl/N-ethyl adjacent to an activating group) is 1. The van der Waals surface area contributed by atoms with Gasteiger partial charge in [0.15, 0.2) is 0 Å². The van der Waals surface area contributed by atoms with Crippen LogP contribution in [0, 0.1) is 0 Å². The van der Waals surface area contributed by atoms with Crippen molar-refractivity contribution < 1.29 is 9.59 Å². The quantitative estimate of drug-likeness (QED) is 0.737. The van der Waals surface area contributed by atoms with Crippen molar-refractivity contribution in [2.75, 3.05) is 19.0 Å². The topological polar surface area (TPSA) is 67.2 Å². The molecular formula is C20H20N4O2. The summed E-state index contributed by atoms with van der Waals surface area (Å²) >= 11 is 0. The van der Waals surface area contributed by atoms with Crippen LogP contribution in [0.25, 0.3) is 17.0 Å². The molecule has 2 heterocycles. The summed E-state index contributed by atoms with van der Waals surface area (Å²) < 4.78 is 2.03. The van der Waals surface area contributed by atoms with Gasteiger partial charge in [-0.25, -0.2) is 0 Å². The average Bonchev–Trinajstić information content (AvgIpc) is 3.01. The molecule has 0 unspecified atom stereocenters. The van der Waals surface area contributed by atoms with Crippen LogP contribution in [0.1, 0.15) is 16.1 Å². The number of rotatable bonds is 4. The maximum atomic E-state index is 12.5. The lowest BCUT2D eigenvalue weighted by Gasteiger charge is -2.15. The van der Waals surface area contributed by atoms with Crippen LogP contribution >= 0.6 is 0 Å². The predicted molar refractivity (Wildman–Crippen MR) is 103 cm³/mol. The Bertz CT molecular complexity index is 1000. The van der Waals surface area contributed by atoms with E-state index in [1.165, 1.54) is 17.2 Å². The number of aromatic nitrogens is 2. The molecule has 132 valence electrons. The number of hydrogen-bond acceptors (Lipinski definition) is 3. The molecule has 0 saturated heterocycles. The molecule has 0 aliphatic rings. The fourth-order valence-corrected chi connectivity index (χ4v) is 2.79. The standard InChI is InChI=1S/C20H20N4O2/c1-21-20(26)17-12-15(10-11-22-17)24(3)19(25)9-8-14-13-23(2)18-7-5-4-6-16(14)18/h4-13H,1-3H3,(H,21,26). The van der Waals surface area contributed by atoms with Crippen molar-refractivity contribution in [3.63, 3.8) is 0 Å². The third-order valence-electron chi connectivity index (χ3n) is 4.25. The van der Waals surface area contributed by atoms with Crippen molar-refractivity contribution in [2.45, 2.75) is 0 Å². The van der Waals surface area contributed by atoms with Gasteiger partial charge in [0, 0.05) is 61.8 Å². The van der Waals surface area contributed by atoms with Crippen LogP contribution in [0.5, 0.6) is 0 Å². The molecule has 0 aliphatic carbocycles. The molecule has 2 aromatic heterocycles. The van der Waals surface area contributed by atoms with E-state index in [0.29, 0.717) is 5.69 Å². The smallest absolute Gasteiger partial charge is 0.269 e. The van der Waals surface area contributed by atoms with Crippen molar-refractivity contribution in [1.29, 1.82) is 0 Å². The minimum atomic E-state index is -0.293. The second kappa shape index (κ2) is 7.23. The van der Waals surface area contributed by atoms with Crippen LogP contribution in [-0.2, 0) is 11.8 Å². The van der Waals surface area contributed by atoms with E-state index in [0.717, 1.165) is 16.5 Å².